The molecule has 2 aromatic carbocycles. The van der Waals surface area contributed by atoms with Gasteiger partial charge in [-0.15, -0.1) is 0 Å². The number of benzene rings is 2. The fourth-order valence-electron chi connectivity index (χ4n) is 2.96. The van der Waals surface area contributed by atoms with Gasteiger partial charge in [-0.3, -0.25) is 4.79 Å². The Balaban J connectivity index is 1.36. The van der Waals surface area contributed by atoms with E-state index in [0.29, 0.717) is 17.1 Å². The third-order valence-corrected chi connectivity index (χ3v) is 4.46. The predicted molar refractivity (Wildman–Crippen MR) is 108 cm³/mol. The van der Waals surface area contributed by atoms with Crippen LogP contribution in [0.25, 0.3) is 0 Å². The summed E-state index contributed by atoms with van der Waals surface area (Å²) < 4.78 is 11.1. The number of nitrogens with zero attached hydrogens (tertiary/aromatic N) is 2. The zero-order chi connectivity index (χ0) is 19.2. The van der Waals surface area contributed by atoms with Gasteiger partial charge in [0, 0.05) is 18.7 Å². The van der Waals surface area contributed by atoms with Crippen LogP contribution >= 0.6 is 0 Å². The molecule has 6 nitrogen and oxygen atoms in total. The van der Waals surface area contributed by atoms with Crippen molar-refractivity contribution < 1.29 is 14.3 Å². The van der Waals surface area contributed by atoms with E-state index < -0.39 is 0 Å². The smallest absolute Gasteiger partial charge is 0.256 e. The number of ether oxygens (including phenoxy) is 2. The van der Waals surface area contributed by atoms with Crippen LogP contribution in [0.4, 0.5) is 11.5 Å². The summed E-state index contributed by atoms with van der Waals surface area (Å²) in [6, 6.07) is 20.3. The van der Waals surface area contributed by atoms with E-state index in [1.807, 2.05) is 42.5 Å². The molecule has 4 rings (SSSR count). The van der Waals surface area contributed by atoms with Crippen LogP contribution < -0.4 is 15.0 Å². The van der Waals surface area contributed by atoms with Gasteiger partial charge in [-0.2, -0.15) is 0 Å². The molecule has 1 amide bonds. The molecule has 0 unspecified atom stereocenters. The van der Waals surface area contributed by atoms with Crippen LogP contribution in [0.5, 0.6) is 11.5 Å². The number of para-hydroxylation sites is 1. The first kappa shape index (κ1) is 18.0. The maximum absolute atomic E-state index is 12.5. The molecule has 1 fully saturated rings. The average Bonchev–Trinajstić information content (AvgIpc) is 2.76. The molecule has 0 saturated carbocycles. The van der Waals surface area contributed by atoms with Crippen molar-refractivity contribution in [1.82, 2.24) is 4.98 Å². The quantitative estimate of drug-likeness (QED) is 0.731. The normalized spacial score (nSPS) is 13.8. The average molecular weight is 375 g/mol. The highest BCUT2D eigenvalue weighted by Crippen LogP contribution is 2.22. The SMILES string of the molecule is O=C(Nc1ccc(N2CCOCC2)cn1)c1ccc(Oc2ccccc2)cc1. The number of rotatable bonds is 5. The number of morpholine rings is 1. The Bertz CT molecular complexity index is 906. The molecule has 3 aromatic rings. The minimum Gasteiger partial charge on any atom is -0.457 e. The van der Waals surface area contributed by atoms with E-state index in [-0.39, 0.29) is 5.91 Å². The van der Waals surface area contributed by atoms with E-state index >= 15 is 0 Å². The molecule has 0 bridgehead atoms. The molecule has 142 valence electrons. The first-order valence-corrected chi connectivity index (χ1v) is 9.21. The number of carbonyl (C=O) groups excluding carboxylic acids is 1. The van der Waals surface area contributed by atoms with Crippen molar-refractivity contribution in [2.45, 2.75) is 0 Å². The Morgan fingerprint density at radius 2 is 1.64 bits per heavy atom. The highest BCUT2D eigenvalue weighted by Gasteiger charge is 2.12. The summed E-state index contributed by atoms with van der Waals surface area (Å²) in [7, 11) is 0. The van der Waals surface area contributed by atoms with Crippen molar-refractivity contribution in [3.63, 3.8) is 0 Å². The maximum atomic E-state index is 12.5. The van der Waals surface area contributed by atoms with Gasteiger partial charge >= 0.3 is 0 Å². The largest absolute Gasteiger partial charge is 0.457 e. The predicted octanol–water partition coefficient (Wildman–Crippen LogP) is 3.96. The molecule has 1 N–H and O–H groups in total. The minimum atomic E-state index is -0.210. The fraction of sp³-hybridized carbons (Fsp3) is 0.182. The number of anilines is 2. The number of amides is 1. The number of nitrogens with one attached hydrogen (secondary N) is 1. The third-order valence-electron chi connectivity index (χ3n) is 4.46. The summed E-state index contributed by atoms with van der Waals surface area (Å²) in [5.74, 6) is 1.74. The van der Waals surface area contributed by atoms with Crippen LogP contribution in [0.1, 0.15) is 10.4 Å². The molecule has 0 atom stereocenters. The fourth-order valence-corrected chi connectivity index (χ4v) is 2.96. The standard InChI is InChI=1S/C22H21N3O3/c26-22(17-6-9-20(10-7-17)28-19-4-2-1-3-5-19)24-21-11-8-18(16-23-21)25-12-14-27-15-13-25/h1-11,16H,12-15H2,(H,23,24,26). The van der Waals surface area contributed by atoms with Crippen molar-refractivity contribution in [1.29, 1.82) is 0 Å². The molecule has 0 aliphatic carbocycles. The Morgan fingerprint density at radius 3 is 2.32 bits per heavy atom. The topological polar surface area (TPSA) is 63.7 Å². The molecule has 28 heavy (non-hydrogen) atoms. The van der Waals surface area contributed by atoms with Crippen LogP contribution in [0, 0.1) is 0 Å². The Hall–Kier alpha value is -3.38. The second-order valence-electron chi connectivity index (χ2n) is 6.39. The highest BCUT2D eigenvalue weighted by atomic mass is 16.5. The van der Waals surface area contributed by atoms with E-state index in [2.05, 4.69) is 15.2 Å². The van der Waals surface area contributed by atoms with Crippen molar-refractivity contribution in [2.75, 3.05) is 36.5 Å². The molecule has 0 spiro atoms. The highest BCUT2D eigenvalue weighted by molar-refractivity contribution is 6.03. The maximum Gasteiger partial charge on any atom is 0.256 e. The van der Waals surface area contributed by atoms with Gasteiger partial charge in [0.2, 0.25) is 0 Å². The van der Waals surface area contributed by atoms with Gasteiger partial charge in [0.05, 0.1) is 25.1 Å². The molecule has 1 saturated heterocycles. The molecule has 1 aromatic heterocycles. The van der Waals surface area contributed by atoms with E-state index in [1.54, 1.807) is 30.5 Å². The molecule has 0 radical (unpaired) electrons. The van der Waals surface area contributed by atoms with Gasteiger partial charge in [-0.25, -0.2) is 4.98 Å². The van der Waals surface area contributed by atoms with Crippen molar-refractivity contribution in [3.05, 3.63) is 78.5 Å². The Kier molecular flexibility index (Phi) is 5.49. The third kappa shape index (κ3) is 4.47. The summed E-state index contributed by atoms with van der Waals surface area (Å²) in [5.41, 5.74) is 1.57. The second-order valence-corrected chi connectivity index (χ2v) is 6.39. The first-order valence-electron chi connectivity index (χ1n) is 9.21. The second kappa shape index (κ2) is 8.54. The Morgan fingerprint density at radius 1 is 0.929 bits per heavy atom. The van der Waals surface area contributed by atoms with E-state index in [4.69, 9.17) is 9.47 Å². The van der Waals surface area contributed by atoms with Gasteiger partial charge in [0.1, 0.15) is 17.3 Å². The lowest BCUT2D eigenvalue weighted by molar-refractivity contribution is 0.102. The van der Waals surface area contributed by atoms with Crippen molar-refractivity contribution in [2.24, 2.45) is 0 Å². The lowest BCUT2D eigenvalue weighted by Gasteiger charge is -2.28. The monoisotopic (exact) mass is 375 g/mol. The lowest BCUT2D eigenvalue weighted by atomic mass is 10.2. The van der Waals surface area contributed by atoms with E-state index in [9.17, 15) is 4.79 Å². The summed E-state index contributed by atoms with van der Waals surface area (Å²) >= 11 is 0. The van der Waals surface area contributed by atoms with Crippen molar-refractivity contribution in [3.8, 4) is 11.5 Å². The molecule has 1 aliphatic heterocycles. The van der Waals surface area contributed by atoms with Gasteiger partial charge in [0.15, 0.2) is 0 Å². The molecule has 1 aliphatic rings. The lowest BCUT2D eigenvalue weighted by Crippen LogP contribution is -2.36. The summed E-state index contributed by atoms with van der Waals surface area (Å²) in [6.45, 7) is 3.15. The van der Waals surface area contributed by atoms with Crippen LogP contribution in [0.15, 0.2) is 72.9 Å². The summed E-state index contributed by atoms with van der Waals surface area (Å²) in [4.78, 5) is 19.0. The number of hydrogen-bond acceptors (Lipinski definition) is 5. The molecule has 2 heterocycles. The molecular formula is C22H21N3O3. The zero-order valence-electron chi connectivity index (χ0n) is 15.4. The van der Waals surface area contributed by atoms with E-state index in [1.165, 1.54) is 0 Å². The first-order chi connectivity index (χ1) is 13.8. The number of carbonyl (C=O) groups is 1. The van der Waals surface area contributed by atoms with Crippen LogP contribution in [-0.2, 0) is 4.74 Å². The van der Waals surface area contributed by atoms with Gasteiger partial charge < -0.3 is 19.7 Å². The van der Waals surface area contributed by atoms with Crippen LogP contribution in [-0.4, -0.2) is 37.2 Å². The zero-order valence-corrected chi connectivity index (χ0v) is 15.4. The summed E-state index contributed by atoms with van der Waals surface area (Å²) in [5, 5.41) is 2.82. The van der Waals surface area contributed by atoms with Gasteiger partial charge in [-0.05, 0) is 48.5 Å². The van der Waals surface area contributed by atoms with Crippen LogP contribution in [0.2, 0.25) is 0 Å². The molecular weight excluding hydrogens is 354 g/mol. The van der Waals surface area contributed by atoms with Crippen molar-refractivity contribution >= 4 is 17.4 Å². The summed E-state index contributed by atoms with van der Waals surface area (Å²) in [6.07, 6.45) is 1.78. The van der Waals surface area contributed by atoms with Gasteiger partial charge in [0.25, 0.3) is 5.91 Å². The number of aromatic nitrogens is 1. The van der Waals surface area contributed by atoms with Crippen LogP contribution in [0.3, 0.4) is 0 Å². The minimum absolute atomic E-state index is 0.210. The van der Waals surface area contributed by atoms with Gasteiger partial charge in [-0.1, -0.05) is 18.2 Å². The van der Waals surface area contributed by atoms with E-state index in [0.717, 1.165) is 37.7 Å². The molecule has 6 heteroatoms. The number of pyridine rings is 1. The Labute approximate surface area is 163 Å². The number of hydrogen-bond donors (Lipinski definition) is 1.